The molecule has 1 saturated heterocycles. The summed E-state index contributed by atoms with van der Waals surface area (Å²) in [6.45, 7) is 5.68. The number of rotatable bonds is 2. The van der Waals surface area contributed by atoms with Crippen molar-refractivity contribution in [3.63, 3.8) is 0 Å². The average molecular weight is 192 g/mol. The van der Waals surface area contributed by atoms with E-state index in [1.807, 2.05) is 18.2 Å². The van der Waals surface area contributed by atoms with Gasteiger partial charge in [-0.2, -0.15) is 0 Å². The lowest BCUT2D eigenvalue weighted by Crippen LogP contribution is -2.25. The van der Waals surface area contributed by atoms with Gasteiger partial charge < -0.3 is 9.84 Å². The number of para-hydroxylation sites is 1. The molecule has 1 aromatic rings. The molecule has 1 aliphatic rings. The highest BCUT2D eigenvalue weighted by Crippen LogP contribution is 2.36. The van der Waals surface area contributed by atoms with E-state index in [-0.39, 0.29) is 0 Å². The van der Waals surface area contributed by atoms with Crippen molar-refractivity contribution in [2.75, 3.05) is 13.2 Å². The van der Waals surface area contributed by atoms with Gasteiger partial charge in [-0.15, -0.1) is 0 Å². The van der Waals surface area contributed by atoms with Crippen molar-refractivity contribution in [3.05, 3.63) is 29.3 Å². The fourth-order valence-corrected chi connectivity index (χ4v) is 1.79. The molecule has 0 saturated carbocycles. The molecule has 2 nitrogen and oxygen atoms in total. The molecule has 1 aromatic carbocycles. The summed E-state index contributed by atoms with van der Waals surface area (Å²) in [5, 5.41) is 10.0. The Labute approximate surface area is 84.5 Å². The SMILES string of the molecule is CC(C)c1cccc(C2COC2)c1O. The quantitative estimate of drug-likeness (QED) is 0.780. The summed E-state index contributed by atoms with van der Waals surface area (Å²) in [6.07, 6.45) is 0. The second-order valence-corrected chi connectivity index (χ2v) is 4.17. The third kappa shape index (κ3) is 1.50. The molecule has 2 rings (SSSR count). The molecule has 0 bridgehead atoms. The maximum Gasteiger partial charge on any atom is 0.122 e. The molecule has 14 heavy (non-hydrogen) atoms. The number of hydrogen-bond donors (Lipinski definition) is 1. The van der Waals surface area contributed by atoms with Gasteiger partial charge in [0.15, 0.2) is 0 Å². The van der Waals surface area contributed by atoms with E-state index in [1.165, 1.54) is 0 Å². The number of hydrogen-bond acceptors (Lipinski definition) is 2. The highest BCUT2D eigenvalue weighted by Gasteiger charge is 2.24. The standard InChI is InChI=1S/C12H16O2/c1-8(2)10-4-3-5-11(12(10)13)9-6-14-7-9/h3-5,8-9,13H,6-7H2,1-2H3. The van der Waals surface area contributed by atoms with Gasteiger partial charge in [0.2, 0.25) is 0 Å². The second-order valence-electron chi connectivity index (χ2n) is 4.17. The molecule has 0 radical (unpaired) electrons. The van der Waals surface area contributed by atoms with Crippen molar-refractivity contribution >= 4 is 0 Å². The molecule has 0 spiro atoms. The third-order valence-electron chi connectivity index (χ3n) is 2.80. The van der Waals surface area contributed by atoms with E-state index >= 15 is 0 Å². The molecule has 1 aliphatic heterocycles. The highest BCUT2D eigenvalue weighted by molar-refractivity contribution is 5.44. The Morgan fingerprint density at radius 2 is 2.07 bits per heavy atom. The Bertz CT molecular complexity index is 327. The molecular weight excluding hydrogens is 176 g/mol. The highest BCUT2D eigenvalue weighted by atomic mass is 16.5. The first kappa shape index (κ1) is 9.53. The summed E-state index contributed by atoms with van der Waals surface area (Å²) in [4.78, 5) is 0. The molecule has 76 valence electrons. The topological polar surface area (TPSA) is 29.5 Å². The minimum atomic E-state index is 0.371. The Kier molecular flexibility index (Phi) is 2.46. The van der Waals surface area contributed by atoms with Crippen LogP contribution in [0.3, 0.4) is 0 Å². The maximum atomic E-state index is 10.0. The van der Waals surface area contributed by atoms with Crippen LogP contribution in [0.1, 0.15) is 36.8 Å². The first-order valence-electron chi connectivity index (χ1n) is 5.09. The van der Waals surface area contributed by atoms with E-state index in [2.05, 4.69) is 13.8 Å². The summed E-state index contributed by atoms with van der Waals surface area (Å²) in [7, 11) is 0. The van der Waals surface area contributed by atoms with Crippen molar-refractivity contribution in [1.29, 1.82) is 0 Å². The van der Waals surface area contributed by atoms with Gasteiger partial charge in [-0.25, -0.2) is 0 Å². The minimum Gasteiger partial charge on any atom is -0.507 e. The predicted octanol–water partition coefficient (Wildman–Crippen LogP) is 2.63. The zero-order valence-corrected chi connectivity index (χ0v) is 8.66. The van der Waals surface area contributed by atoms with Crippen LogP contribution in [0.4, 0.5) is 0 Å². The smallest absolute Gasteiger partial charge is 0.122 e. The second kappa shape index (κ2) is 3.62. The van der Waals surface area contributed by atoms with Crippen molar-refractivity contribution in [3.8, 4) is 5.75 Å². The van der Waals surface area contributed by atoms with E-state index in [9.17, 15) is 5.11 Å². The van der Waals surface area contributed by atoms with Crippen LogP contribution in [0.5, 0.6) is 5.75 Å². The molecule has 1 heterocycles. The fraction of sp³-hybridized carbons (Fsp3) is 0.500. The van der Waals surface area contributed by atoms with Crippen molar-refractivity contribution < 1.29 is 9.84 Å². The Morgan fingerprint density at radius 3 is 2.57 bits per heavy atom. The lowest BCUT2D eigenvalue weighted by atomic mass is 9.91. The zero-order valence-electron chi connectivity index (χ0n) is 8.66. The van der Waals surface area contributed by atoms with Crippen LogP contribution in [-0.4, -0.2) is 18.3 Å². The minimum absolute atomic E-state index is 0.371. The van der Waals surface area contributed by atoms with E-state index in [0.29, 0.717) is 17.6 Å². The van der Waals surface area contributed by atoms with Gasteiger partial charge in [-0.3, -0.25) is 0 Å². The largest absolute Gasteiger partial charge is 0.507 e. The fourth-order valence-electron chi connectivity index (χ4n) is 1.79. The van der Waals surface area contributed by atoms with Gasteiger partial charge in [0.25, 0.3) is 0 Å². The molecule has 0 unspecified atom stereocenters. The molecule has 0 aromatic heterocycles. The molecule has 1 fully saturated rings. The lowest BCUT2D eigenvalue weighted by molar-refractivity contribution is 0.00748. The van der Waals surface area contributed by atoms with E-state index in [0.717, 1.165) is 24.3 Å². The van der Waals surface area contributed by atoms with E-state index in [1.54, 1.807) is 0 Å². The summed E-state index contributed by atoms with van der Waals surface area (Å²) < 4.78 is 5.13. The Hall–Kier alpha value is -1.02. The van der Waals surface area contributed by atoms with E-state index < -0.39 is 0 Å². The normalized spacial score (nSPS) is 17.1. The maximum absolute atomic E-state index is 10.0. The van der Waals surface area contributed by atoms with Crippen molar-refractivity contribution in [1.82, 2.24) is 0 Å². The number of benzene rings is 1. The van der Waals surface area contributed by atoms with Gasteiger partial charge in [0.05, 0.1) is 13.2 Å². The molecule has 1 N–H and O–H groups in total. The van der Waals surface area contributed by atoms with Gasteiger partial charge in [-0.05, 0) is 11.5 Å². The summed E-state index contributed by atoms with van der Waals surface area (Å²) in [6, 6.07) is 6.00. The van der Waals surface area contributed by atoms with Crippen LogP contribution in [0, 0.1) is 0 Å². The number of phenols is 1. The molecule has 0 amide bonds. The number of phenolic OH excluding ortho intramolecular Hbond substituents is 1. The van der Waals surface area contributed by atoms with Crippen LogP contribution >= 0.6 is 0 Å². The molecule has 0 atom stereocenters. The summed E-state index contributed by atoms with van der Waals surface area (Å²) in [5.74, 6) is 1.24. The average Bonchev–Trinajstić information content (AvgIpc) is 2.04. The van der Waals surface area contributed by atoms with Crippen molar-refractivity contribution in [2.45, 2.75) is 25.7 Å². The molecule has 2 heteroatoms. The number of aromatic hydroxyl groups is 1. The molecular formula is C12H16O2. The zero-order chi connectivity index (χ0) is 10.1. The Balaban J connectivity index is 2.35. The van der Waals surface area contributed by atoms with Crippen LogP contribution < -0.4 is 0 Å². The van der Waals surface area contributed by atoms with Gasteiger partial charge in [-0.1, -0.05) is 32.0 Å². The predicted molar refractivity (Wildman–Crippen MR) is 55.8 cm³/mol. The van der Waals surface area contributed by atoms with Crippen LogP contribution in [-0.2, 0) is 4.74 Å². The first-order valence-corrected chi connectivity index (χ1v) is 5.09. The van der Waals surface area contributed by atoms with Crippen LogP contribution in [0.2, 0.25) is 0 Å². The van der Waals surface area contributed by atoms with E-state index in [4.69, 9.17) is 4.74 Å². The first-order chi connectivity index (χ1) is 6.70. The number of ether oxygens (including phenoxy) is 1. The van der Waals surface area contributed by atoms with Crippen LogP contribution in [0.15, 0.2) is 18.2 Å². The van der Waals surface area contributed by atoms with Gasteiger partial charge in [0, 0.05) is 11.5 Å². The van der Waals surface area contributed by atoms with Gasteiger partial charge in [0.1, 0.15) is 5.75 Å². The summed E-state index contributed by atoms with van der Waals surface area (Å²) in [5.41, 5.74) is 2.08. The van der Waals surface area contributed by atoms with Crippen LogP contribution in [0.25, 0.3) is 0 Å². The lowest BCUT2D eigenvalue weighted by Gasteiger charge is -2.27. The monoisotopic (exact) mass is 192 g/mol. The third-order valence-corrected chi connectivity index (χ3v) is 2.80. The van der Waals surface area contributed by atoms with Gasteiger partial charge >= 0.3 is 0 Å². The Morgan fingerprint density at radius 1 is 1.36 bits per heavy atom. The molecule has 0 aliphatic carbocycles. The van der Waals surface area contributed by atoms with Crippen molar-refractivity contribution in [2.24, 2.45) is 0 Å². The summed E-state index contributed by atoms with van der Waals surface area (Å²) >= 11 is 0.